The fourth-order valence-electron chi connectivity index (χ4n) is 1.83. The number of rotatable bonds is 3. The molecule has 0 heterocycles. The van der Waals surface area contributed by atoms with Crippen molar-refractivity contribution in [2.75, 3.05) is 0 Å². The first-order valence-electron chi connectivity index (χ1n) is 5.49. The van der Waals surface area contributed by atoms with E-state index in [9.17, 15) is 5.11 Å². The largest absolute Gasteiger partial charge is 0.508 e. The lowest BCUT2D eigenvalue weighted by atomic mass is 9.94. The fraction of sp³-hybridized carbons (Fsp3) is 0.200. The van der Waals surface area contributed by atoms with E-state index < -0.39 is 0 Å². The molecule has 2 aromatic rings. The molecule has 0 aliphatic heterocycles. The van der Waals surface area contributed by atoms with E-state index in [-0.39, 0.29) is 0 Å². The van der Waals surface area contributed by atoms with Crippen molar-refractivity contribution < 1.29 is 5.11 Å². The van der Waals surface area contributed by atoms with E-state index >= 15 is 0 Å². The molecule has 0 amide bonds. The van der Waals surface area contributed by atoms with Gasteiger partial charge in [0.05, 0.1) is 0 Å². The first-order valence-corrected chi connectivity index (χ1v) is 5.49. The second-order valence-corrected chi connectivity index (χ2v) is 4.10. The Labute approximate surface area is 96.4 Å². The Bertz CT molecular complexity index is 431. The number of phenolic OH excluding ortho intramolecular Hbond substituents is 1. The van der Waals surface area contributed by atoms with Crippen molar-refractivity contribution in [2.24, 2.45) is 0 Å². The van der Waals surface area contributed by atoms with Gasteiger partial charge in [-0.1, -0.05) is 43.3 Å². The normalized spacial score (nSPS) is 12.3. The van der Waals surface area contributed by atoms with Gasteiger partial charge in [-0.15, -0.1) is 0 Å². The van der Waals surface area contributed by atoms with Crippen LogP contribution in [-0.2, 0) is 6.42 Å². The maximum Gasteiger partial charge on any atom is 0.115 e. The maximum absolute atomic E-state index is 9.20. The van der Waals surface area contributed by atoms with Gasteiger partial charge in [0, 0.05) is 0 Å². The third-order valence-corrected chi connectivity index (χ3v) is 2.79. The third kappa shape index (κ3) is 2.63. The molecule has 1 atom stereocenters. The molecule has 0 aliphatic rings. The smallest absolute Gasteiger partial charge is 0.115 e. The number of hydrogen-bond acceptors (Lipinski definition) is 1. The molecule has 2 rings (SSSR count). The highest BCUT2D eigenvalue weighted by Gasteiger charge is 2.05. The average molecular weight is 211 g/mol. The van der Waals surface area contributed by atoms with Crippen molar-refractivity contribution in [1.29, 1.82) is 0 Å². The minimum absolute atomic E-state index is 0.325. The quantitative estimate of drug-likeness (QED) is 0.823. The first-order chi connectivity index (χ1) is 7.75. The average Bonchev–Trinajstić information content (AvgIpc) is 2.33. The summed E-state index contributed by atoms with van der Waals surface area (Å²) in [7, 11) is 0. The summed E-state index contributed by atoms with van der Waals surface area (Å²) in [6.45, 7) is 2.21. The van der Waals surface area contributed by atoms with Crippen molar-refractivity contribution in [3.8, 4) is 5.75 Å². The minimum atomic E-state index is 0.325. The minimum Gasteiger partial charge on any atom is -0.508 e. The van der Waals surface area contributed by atoms with Crippen molar-refractivity contribution in [3.63, 3.8) is 0 Å². The van der Waals surface area contributed by atoms with Gasteiger partial charge in [-0.25, -0.2) is 0 Å². The monoisotopic (exact) mass is 211 g/mol. The molecule has 0 spiro atoms. The van der Waals surface area contributed by atoms with Gasteiger partial charge in [0.1, 0.15) is 5.75 Å². The molecule has 16 heavy (non-hydrogen) atoms. The summed E-state index contributed by atoms with van der Waals surface area (Å²) < 4.78 is 0. The second kappa shape index (κ2) is 4.84. The molecule has 1 unspecified atom stereocenters. The van der Waals surface area contributed by atoms with Crippen LogP contribution in [0.4, 0.5) is 0 Å². The zero-order valence-corrected chi connectivity index (χ0v) is 9.35. The maximum atomic E-state index is 9.20. The molecule has 0 aromatic heterocycles. The SMILES string of the molecule is CC(Cc1ccc(O)cc1)c1cc[c]cc1. The highest BCUT2D eigenvalue weighted by molar-refractivity contribution is 5.28. The van der Waals surface area contributed by atoms with Crippen LogP contribution in [0.5, 0.6) is 5.75 Å². The van der Waals surface area contributed by atoms with Crippen LogP contribution in [0, 0.1) is 6.07 Å². The van der Waals surface area contributed by atoms with Crippen molar-refractivity contribution in [2.45, 2.75) is 19.3 Å². The molecule has 0 aliphatic carbocycles. The van der Waals surface area contributed by atoms with Gasteiger partial charge < -0.3 is 5.11 Å². The van der Waals surface area contributed by atoms with E-state index in [0.29, 0.717) is 11.7 Å². The molecule has 0 saturated heterocycles. The van der Waals surface area contributed by atoms with Crippen LogP contribution in [0.1, 0.15) is 24.0 Å². The molecular weight excluding hydrogens is 196 g/mol. The highest BCUT2D eigenvalue weighted by atomic mass is 16.3. The number of benzene rings is 2. The van der Waals surface area contributed by atoms with Crippen molar-refractivity contribution >= 4 is 0 Å². The van der Waals surface area contributed by atoms with Crippen LogP contribution in [0.3, 0.4) is 0 Å². The number of hydrogen-bond donors (Lipinski definition) is 1. The summed E-state index contributed by atoms with van der Waals surface area (Å²) in [5, 5.41) is 9.20. The molecule has 0 fully saturated rings. The standard InChI is InChI=1S/C15H15O/c1-12(14-5-3-2-4-6-14)11-13-7-9-15(16)10-8-13/h3-10,12,16H,11H2,1H3. The van der Waals surface area contributed by atoms with Crippen LogP contribution in [0.2, 0.25) is 0 Å². The lowest BCUT2D eigenvalue weighted by molar-refractivity contribution is 0.475. The predicted octanol–water partition coefficient (Wildman–Crippen LogP) is 3.54. The lowest BCUT2D eigenvalue weighted by Crippen LogP contribution is -1.97. The van der Waals surface area contributed by atoms with Gasteiger partial charge in [-0.2, -0.15) is 0 Å². The van der Waals surface area contributed by atoms with Gasteiger partial charge in [0.15, 0.2) is 0 Å². The van der Waals surface area contributed by atoms with Crippen molar-refractivity contribution in [1.82, 2.24) is 0 Å². The summed E-state index contributed by atoms with van der Waals surface area (Å²) in [5.41, 5.74) is 2.57. The molecule has 81 valence electrons. The molecule has 0 saturated carbocycles. The zero-order valence-electron chi connectivity index (χ0n) is 9.35. The third-order valence-electron chi connectivity index (χ3n) is 2.79. The van der Waals surface area contributed by atoms with Gasteiger partial charge in [0.25, 0.3) is 0 Å². The molecular formula is C15H15O. The van der Waals surface area contributed by atoms with Gasteiger partial charge in [-0.05, 0) is 41.7 Å². The molecule has 0 bridgehead atoms. The van der Waals surface area contributed by atoms with Crippen LogP contribution < -0.4 is 0 Å². The lowest BCUT2D eigenvalue weighted by Gasteiger charge is -2.11. The van der Waals surface area contributed by atoms with Gasteiger partial charge >= 0.3 is 0 Å². The van der Waals surface area contributed by atoms with E-state index in [1.54, 1.807) is 12.1 Å². The summed E-state index contributed by atoms with van der Waals surface area (Å²) >= 11 is 0. The summed E-state index contributed by atoms with van der Waals surface area (Å²) in [4.78, 5) is 0. The van der Waals surface area contributed by atoms with Gasteiger partial charge in [-0.3, -0.25) is 0 Å². The molecule has 1 heteroatoms. The van der Waals surface area contributed by atoms with E-state index in [1.165, 1.54) is 11.1 Å². The molecule has 2 aromatic carbocycles. The van der Waals surface area contributed by atoms with Gasteiger partial charge in [0.2, 0.25) is 0 Å². The molecule has 1 radical (unpaired) electrons. The van der Waals surface area contributed by atoms with E-state index in [1.807, 2.05) is 24.3 Å². The Kier molecular flexibility index (Phi) is 3.25. The summed E-state index contributed by atoms with van der Waals surface area (Å²) in [5.74, 6) is 0.810. The number of aromatic hydroxyl groups is 1. The van der Waals surface area contributed by atoms with Crippen LogP contribution in [-0.4, -0.2) is 5.11 Å². The first kappa shape index (κ1) is 10.7. The fourth-order valence-corrected chi connectivity index (χ4v) is 1.83. The second-order valence-electron chi connectivity index (χ2n) is 4.10. The number of phenols is 1. The van der Waals surface area contributed by atoms with E-state index in [4.69, 9.17) is 0 Å². The Morgan fingerprint density at radius 1 is 1.06 bits per heavy atom. The predicted molar refractivity (Wildman–Crippen MR) is 65.5 cm³/mol. The Morgan fingerprint density at radius 2 is 1.69 bits per heavy atom. The van der Waals surface area contributed by atoms with Crippen molar-refractivity contribution in [3.05, 3.63) is 65.7 Å². The Balaban J connectivity index is 2.08. The molecule has 1 N–H and O–H groups in total. The van der Waals surface area contributed by atoms with Crippen LogP contribution in [0.25, 0.3) is 0 Å². The summed E-state index contributed by atoms with van der Waals surface area (Å²) in [6.07, 6.45) is 0.990. The zero-order chi connectivity index (χ0) is 11.4. The molecule has 1 nitrogen and oxygen atoms in total. The van der Waals surface area contributed by atoms with E-state index in [0.717, 1.165) is 6.42 Å². The van der Waals surface area contributed by atoms with Crippen LogP contribution >= 0.6 is 0 Å². The highest BCUT2D eigenvalue weighted by Crippen LogP contribution is 2.21. The summed E-state index contributed by atoms with van der Waals surface area (Å²) in [6, 6.07) is 18.5. The topological polar surface area (TPSA) is 20.2 Å². The Morgan fingerprint density at radius 3 is 2.31 bits per heavy atom. The van der Waals surface area contributed by atoms with Crippen LogP contribution in [0.15, 0.2) is 48.5 Å². The Hall–Kier alpha value is -1.76. The van der Waals surface area contributed by atoms with E-state index in [2.05, 4.69) is 25.1 Å².